The molecule has 0 amide bonds. The lowest BCUT2D eigenvalue weighted by molar-refractivity contribution is 0.877. The number of aryl methyl sites for hydroxylation is 1. The molecule has 94 valence electrons. The summed E-state index contributed by atoms with van der Waals surface area (Å²) in [6, 6.07) is 1.85. The molecule has 7 heteroatoms. The third-order valence-electron chi connectivity index (χ3n) is 2.60. The Bertz CT molecular complexity index is 564. The van der Waals surface area contributed by atoms with Crippen LogP contribution in [-0.2, 0) is 0 Å². The maximum Gasteiger partial charge on any atom is 0.156 e. The van der Waals surface area contributed by atoms with Gasteiger partial charge in [-0.25, -0.2) is 20.8 Å². The van der Waals surface area contributed by atoms with Crippen LogP contribution in [0.15, 0.2) is 20.8 Å². The van der Waals surface area contributed by atoms with E-state index < -0.39 is 0 Å². The van der Waals surface area contributed by atoms with Gasteiger partial charge in [0.25, 0.3) is 0 Å². The van der Waals surface area contributed by atoms with Crippen LogP contribution in [0.25, 0.3) is 0 Å². The first-order valence-electron chi connectivity index (χ1n) is 5.70. The van der Waals surface area contributed by atoms with Crippen molar-refractivity contribution in [3.8, 4) is 0 Å². The molecule has 1 aliphatic rings. The molecule has 0 aromatic carbocycles. The average Bonchev–Trinajstić information content (AvgIpc) is 3.14. The minimum absolute atomic E-state index is 0.510. The Hall–Kier alpha value is -1.18. The number of hydrazine groups is 1. The van der Waals surface area contributed by atoms with E-state index in [1.165, 1.54) is 12.8 Å². The number of nitrogen functional groups attached to an aromatic ring is 1. The molecule has 0 aliphatic heterocycles. The Labute approximate surface area is 113 Å². The molecule has 5 nitrogen and oxygen atoms in total. The zero-order valence-electron chi connectivity index (χ0n) is 9.88. The van der Waals surface area contributed by atoms with Gasteiger partial charge >= 0.3 is 0 Å². The number of thiazole rings is 1. The predicted molar refractivity (Wildman–Crippen MR) is 72.8 cm³/mol. The van der Waals surface area contributed by atoms with Crippen molar-refractivity contribution in [3.05, 3.63) is 23.0 Å². The standard InChI is InChI=1S/C11H13N5S2/c1-6-5-17-11(13-6)18-9-4-8(16-12)14-10(15-9)7-2-3-7/h4-5,7H,2-3,12H2,1H3,(H,14,15,16). The average molecular weight is 279 g/mol. The van der Waals surface area contributed by atoms with Crippen LogP contribution in [-0.4, -0.2) is 15.0 Å². The Morgan fingerprint density at radius 3 is 2.83 bits per heavy atom. The van der Waals surface area contributed by atoms with Crippen molar-refractivity contribution in [1.82, 2.24) is 15.0 Å². The van der Waals surface area contributed by atoms with E-state index in [2.05, 4.69) is 20.4 Å². The van der Waals surface area contributed by atoms with E-state index in [0.29, 0.717) is 11.7 Å². The van der Waals surface area contributed by atoms with Crippen molar-refractivity contribution >= 4 is 28.9 Å². The summed E-state index contributed by atoms with van der Waals surface area (Å²) in [6.45, 7) is 1.99. The SMILES string of the molecule is Cc1csc(Sc2cc(NN)nc(C3CC3)n2)n1. The Kier molecular flexibility index (Phi) is 3.19. The molecule has 0 bridgehead atoms. The number of hydrogen-bond donors (Lipinski definition) is 2. The van der Waals surface area contributed by atoms with Crippen molar-refractivity contribution in [3.63, 3.8) is 0 Å². The molecule has 3 rings (SSSR count). The van der Waals surface area contributed by atoms with Gasteiger partial charge in [0.1, 0.15) is 16.7 Å². The minimum atomic E-state index is 0.510. The molecular weight excluding hydrogens is 266 g/mol. The molecule has 0 saturated heterocycles. The first-order valence-corrected chi connectivity index (χ1v) is 7.40. The number of hydrogen-bond acceptors (Lipinski definition) is 7. The van der Waals surface area contributed by atoms with E-state index in [1.54, 1.807) is 23.1 Å². The molecule has 0 spiro atoms. The summed E-state index contributed by atoms with van der Waals surface area (Å²) in [4.78, 5) is 13.4. The molecule has 0 radical (unpaired) electrons. The van der Waals surface area contributed by atoms with E-state index in [9.17, 15) is 0 Å². The van der Waals surface area contributed by atoms with Crippen LogP contribution < -0.4 is 11.3 Å². The number of nitrogens with one attached hydrogen (secondary N) is 1. The highest BCUT2D eigenvalue weighted by Crippen LogP contribution is 2.39. The van der Waals surface area contributed by atoms with Gasteiger partial charge in [0.15, 0.2) is 4.34 Å². The van der Waals surface area contributed by atoms with Gasteiger partial charge in [-0.15, -0.1) is 11.3 Å². The number of nitrogens with zero attached hydrogens (tertiary/aromatic N) is 3. The lowest BCUT2D eigenvalue weighted by atomic mass is 10.4. The molecule has 2 heterocycles. The van der Waals surface area contributed by atoms with E-state index >= 15 is 0 Å². The van der Waals surface area contributed by atoms with Gasteiger partial charge < -0.3 is 5.43 Å². The zero-order valence-corrected chi connectivity index (χ0v) is 11.5. The van der Waals surface area contributed by atoms with Crippen LogP contribution in [0, 0.1) is 6.92 Å². The fourth-order valence-electron chi connectivity index (χ4n) is 1.56. The van der Waals surface area contributed by atoms with E-state index in [0.717, 1.165) is 20.9 Å². The lowest BCUT2D eigenvalue weighted by Gasteiger charge is -2.05. The van der Waals surface area contributed by atoms with Crippen LogP contribution in [0.4, 0.5) is 5.82 Å². The minimum Gasteiger partial charge on any atom is -0.308 e. The number of rotatable bonds is 4. The van der Waals surface area contributed by atoms with E-state index in [4.69, 9.17) is 5.84 Å². The summed E-state index contributed by atoms with van der Waals surface area (Å²) < 4.78 is 0.996. The van der Waals surface area contributed by atoms with Gasteiger partial charge in [-0.1, -0.05) is 0 Å². The van der Waals surface area contributed by atoms with Crippen LogP contribution in [0.5, 0.6) is 0 Å². The van der Waals surface area contributed by atoms with Crippen molar-refractivity contribution in [2.75, 3.05) is 5.43 Å². The summed E-state index contributed by atoms with van der Waals surface area (Å²) >= 11 is 3.19. The maximum absolute atomic E-state index is 5.44. The molecule has 0 atom stereocenters. The third kappa shape index (κ3) is 2.63. The highest BCUT2D eigenvalue weighted by Gasteiger charge is 2.27. The molecule has 1 saturated carbocycles. The molecule has 1 fully saturated rings. The van der Waals surface area contributed by atoms with Gasteiger partial charge in [0.05, 0.1) is 0 Å². The first kappa shape index (κ1) is 11.9. The fourth-order valence-corrected chi connectivity index (χ4v) is 3.35. The van der Waals surface area contributed by atoms with Crippen molar-refractivity contribution in [2.45, 2.75) is 35.0 Å². The highest BCUT2D eigenvalue weighted by atomic mass is 32.2. The fraction of sp³-hybridized carbons (Fsp3) is 0.364. The molecule has 3 N–H and O–H groups in total. The van der Waals surface area contributed by atoms with E-state index in [1.807, 2.05) is 18.4 Å². The van der Waals surface area contributed by atoms with Crippen LogP contribution in [0.3, 0.4) is 0 Å². The van der Waals surface area contributed by atoms with Gasteiger partial charge in [0, 0.05) is 23.1 Å². The smallest absolute Gasteiger partial charge is 0.156 e. The second-order valence-electron chi connectivity index (χ2n) is 4.23. The lowest BCUT2D eigenvalue weighted by Crippen LogP contribution is -2.10. The molecule has 2 aromatic rings. The Morgan fingerprint density at radius 1 is 1.39 bits per heavy atom. The summed E-state index contributed by atoms with van der Waals surface area (Å²) in [5.74, 6) is 7.51. The molecule has 18 heavy (non-hydrogen) atoms. The van der Waals surface area contributed by atoms with Crippen molar-refractivity contribution < 1.29 is 0 Å². The number of aromatic nitrogens is 3. The summed E-state index contributed by atoms with van der Waals surface area (Å²) in [5.41, 5.74) is 3.64. The summed E-state index contributed by atoms with van der Waals surface area (Å²) in [7, 11) is 0. The molecular formula is C11H13N5S2. The van der Waals surface area contributed by atoms with Gasteiger partial charge in [-0.2, -0.15) is 0 Å². The molecule has 2 aromatic heterocycles. The second kappa shape index (κ2) is 4.83. The third-order valence-corrected chi connectivity index (χ3v) is 4.57. The van der Waals surface area contributed by atoms with Crippen LogP contribution in [0.2, 0.25) is 0 Å². The van der Waals surface area contributed by atoms with Crippen LogP contribution >= 0.6 is 23.1 Å². The predicted octanol–water partition coefficient (Wildman–Crippen LogP) is 2.56. The Balaban J connectivity index is 1.88. The molecule has 1 aliphatic carbocycles. The summed E-state index contributed by atoms with van der Waals surface area (Å²) in [6.07, 6.45) is 2.35. The van der Waals surface area contributed by atoms with Gasteiger partial charge in [-0.3, -0.25) is 0 Å². The van der Waals surface area contributed by atoms with E-state index in [-0.39, 0.29) is 0 Å². The van der Waals surface area contributed by atoms with Gasteiger partial charge in [-0.05, 0) is 31.5 Å². The number of nitrogens with two attached hydrogens (primary N) is 1. The van der Waals surface area contributed by atoms with Crippen molar-refractivity contribution in [2.24, 2.45) is 5.84 Å². The second-order valence-corrected chi connectivity index (χ2v) is 6.35. The van der Waals surface area contributed by atoms with Crippen LogP contribution in [0.1, 0.15) is 30.3 Å². The highest BCUT2D eigenvalue weighted by molar-refractivity contribution is 8.01. The van der Waals surface area contributed by atoms with Gasteiger partial charge in [0.2, 0.25) is 0 Å². The summed E-state index contributed by atoms with van der Waals surface area (Å²) in [5, 5.41) is 2.93. The topological polar surface area (TPSA) is 76.7 Å². The van der Waals surface area contributed by atoms with Crippen molar-refractivity contribution in [1.29, 1.82) is 0 Å². The quantitative estimate of drug-likeness (QED) is 0.509. The molecule has 0 unspecified atom stereocenters. The maximum atomic E-state index is 5.44. The Morgan fingerprint density at radius 2 is 2.22 bits per heavy atom. The normalized spacial score (nSPS) is 14.8. The zero-order chi connectivity index (χ0) is 12.5. The monoisotopic (exact) mass is 279 g/mol. The number of anilines is 1. The first-order chi connectivity index (χ1) is 8.74. The largest absolute Gasteiger partial charge is 0.308 e.